The first-order valence-electron chi connectivity index (χ1n) is 10.6. The highest BCUT2D eigenvalue weighted by atomic mass is 32.1. The van der Waals surface area contributed by atoms with E-state index in [2.05, 4.69) is 18.2 Å². The van der Waals surface area contributed by atoms with Crippen molar-refractivity contribution < 1.29 is 30.3 Å². The average molecular weight is 443 g/mol. The third-order valence-corrected chi connectivity index (χ3v) is 7.65. The summed E-state index contributed by atoms with van der Waals surface area (Å²) in [6, 6.07) is 12.3. The van der Waals surface area contributed by atoms with E-state index in [1.165, 1.54) is 15.0 Å². The van der Waals surface area contributed by atoms with Crippen molar-refractivity contribution in [1.29, 1.82) is 0 Å². The molecule has 1 aliphatic heterocycles. The van der Waals surface area contributed by atoms with Gasteiger partial charge in [0.1, 0.15) is 36.3 Å². The van der Waals surface area contributed by atoms with Gasteiger partial charge in [-0.2, -0.15) is 0 Å². The van der Waals surface area contributed by atoms with Crippen LogP contribution in [0, 0.1) is 0 Å². The Bertz CT molecular complexity index is 1070. The van der Waals surface area contributed by atoms with Gasteiger partial charge in [-0.1, -0.05) is 18.2 Å². The molecule has 31 heavy (non-hydrogen) atoms. The van der Waals surface area contributed by atoms with Gasteiger partial charge in [-0.15, -0.1) is 11.3 Å². The Morgan fingerprint density at radius 1 is 0.968 bits per heavy atom. The highest BCUT2D eigenvalue weighted by Gasteiger charge is 2.45. The molecule has 5 rings (SSSR count). The highest BCUT2D eigenvalue weighted by Crippen LogP contribution is 2.43. The second-order valence-corrected chi connectivity index (χ2v) is 9.63. The first kappa shape index (κ1) is 20.9. The molecule has 0 amide bonds. The first-order chi connectivity index (χ1) is 15.0. The van der Waals surface area contributed by atoms with Crippen LogP contribution in [-0.2, 0) is 24.0 Å². The van der Waals surface area contributed by atoms with Crippen molar-refractivity contribution in [3.63, 3.8) is 0 Å². The molecule has 0 saturated carbocycles. The summed E-state index contributed by atoms with van der Waals surface area (Å²) in [5.41, 5.74) is 3.48. The van der Waals surface area contributed by atoms with Gasteiger partial charge in [-0.25, -0.2) is 0 Å². The predicted octanol–water partition coefficient (Wildman–Crippen LogP) is 2.20. The van der Waals surface area contributed by atoms with Gasteiger partial charge in [0, 0.05) is 21.6 Å². The van der Waals surface area contributed by atoms with E-state index in [0.717, 1.165) is 36.0 Å². The molecule has 2 aliphatic rings. The monoisotopic (exact) mass is 442 g/mol. The van der Waals surface area contributed by atoms with Crippen LogP contribution in [0.25, 0.3) is 10.1 Å². The van der Waals surface area contributed by atoms with Crippen LogP contribution in [0.15, 0.2) is 36.4 Å². The third-order valence-electron chi connectivity index (χ3n) is 6.53. The minimum absolute atomic E-state index is 0.0805. The molecule has 7 heteroatoms. The lowest BCUT2D eigenvalue weighted by molar-refractivity contribution is -0.232. The first-order valence-corrected chi connectivity index (χ1v) is 11.4. The van der Waals surface area contributed by atoms with Crippen LogP contribution in [0.1, 0.15) is 39.7 Å². The lowest BCUT2D eigenvalue weighted by Crippen LogP contribution is -2.55. The van der Waals surface area contributed by atoms with Crippen LogP contribution in [0.3, 0.4) is 0 Å². The van der Waals surface area contributed by atoms with Gasteiger partial charge in [0.25, 0.3) is 0 Å². The quantitative estimate of drug-likeness (QED) is 0.424. The van der Waals surface area contributed by atoms with Crippen LogP contribution in [0.2, 0.25) is 0 Å². The summed E-state index contributed by atoms with van der Waals surface area (Å²) in [7, 11) is 0. The Labute approximate surface area is 184 Å². The molecule has 5 N–H and O–H groups in total. The van der Waals surface area contributed by atoms with E-state index in [1.807, 2.05) is 18.2 Å². The van der Waals surface area contributed by atoms with Crippen molar-refractivity contribution in [2.45, 2.75) is 56.2 Å². The van der Waals surface area contributed by atoms with E-state index in [-0.39, 0.29) is 5.75 Å². The Morgan fingerprint density at radius 3 is 2.52 bits per heavy atom. The minimum Gasteiger partial charge on any atom is -0.507 e. The van der Waals surface area contributed by atoms with Crippen LogP contribution in [-0.4, -0.2) is 56.6 Å². The minimum atomic E-state index is -1.48. The zero-order chi connectivity index (χ0) is 21.7. The maximum Gasteiger partial charge on any atom is 0.124 e. The summed E-state index contributed by atoms with van der Waals surface area (Å²) in [5, 5.41) is 52.7. The van der Waals surface area contributed by atoms with Gasteiger partial charge in [-0.05, 0) is 59.5 Å². The molecule has 0 unspecified atom stereocenters. The fourth-order valence-corrected chi connectivity index (χ4v) is 6.01. The molecule has 1 aliphatic carbocycles. The molecule has 6 nitrogen and oxygen atoms in total. The largest absolute Gasteiger partial charge is 0.507 e. The summed E-state index contributed by atoms with van der Waals surface area (Å²) in [6.07, 6.45) is -3.10. The molecule has 1 aromatic heterocycles. The predicted molar refractivity (Wildman–Crippen MR) is 117 cm³/mol. The molecule has 0 radical (unpaired) electrons. The number of benzene rings is 2. The second-order valence-electron chi connectivity index (χ2n) is 8.46. The zero-order valence-electron chi connectivity index (χ0n) is 16.9. The van der Waals surface area contributed by atoms with E-state index in [4.69, 9.17) is 4.74 Å². The maximum absolute atomic E-state index is 11.0. The van der Waals surface area contributed by atoms with Gasteiger partial charge < -0.3 is 30.3 Å². The number of aliphatic hydroxyl groups is 4. The molecular weight excluding hydrogens is 416 g/mol. The summed E-state index contributed by atoms with van der Waals surface area (Å²) < 4.78 is 6.97. The van der Waals surface area contributed by atoms with Gasteiger partial charge in [-0.3, -0.25) is 0 Å². The Balaban J connectivity index is 1.56. The van der Waals surface area contributed by atoms with E-state index < -0.39 is 37.1 Å². The van der Waals surface area contributed by atoms with E-state index in [9.17, 15) is 25.5 Å². The summed E-state index contributed by atoms with van der Waals surface area (Å²) in [6.45, 7) is -0.498. The fourth-order valence-electron chi connectivity index (χ4n) is 4.92. The topological polar surface area (TPSA) is 110 Å². The van der Waals surface area contributed by atoms with Crippen molar-refractivity contribution in [3.05, 3.63) is 63.5 Å². The molecule has 1 fully saturated rings. The molecule has 3 aromatic rings. The number of aromatic hydroxyl groups is 1. The molecule has 164 valence electrons. The lowest BCUT2D eigenvalue weighted by atomic mass is 9.87. The molecule has 0 spiro atoms. The molecular formula is C24H26O6S. The van der Waals surface area contributed by atoms with E-state index in [1.54, 1.807) is 11.3 Å². The lowest BCUT2D eigenvalue weighted by Gasteiger charge is -2.40. The number of rotatable bonds is 4. The number of ether oxygens (including phenoxy) is 1. The normalized spacial score (nSPS) is 28.2. The number of hydrogen-bond acceptors (Lipinski definition) is 7. The fraction of sp³-hybridized carbons (Fsp3) is 0.417. The average Bonchev–Trinajstić information content (AvgIpc) is 3.42. The number of aliphatic hydroxyl groups excluding tert-OH is 4. The van der Waals surface area contributed by atoms with Gasteiger partial charge >= 0.3 is 0 Å². The Morgan fingerprint density at radius 2 is 1.74 bits per heavy atom. The van der Waals surface area contributed by atoms with Gasteiger partial charge in [0.15, 0.2) is 0 Å². The molecule has 5 atom stereocenters. The van der Waals surface area contributed by atoms with Crippen molar-refractivity contribution >= 4 is 21.4 Å². The highest BCUT2D eigenvalue weighted by molar-refractivity contribution is 7.19. The summed E-state index contributed by atoms with van der Waals surface area (Å²) in [4.78, 5) is 1.21. The van der Waals surface area contributed by atoms with Crippen LogP contribution in [0.4, 0.5) is 0 Å². The summed E-state index contributed by atoms with van der Waals surface area (Å²) in [5.74, 6) is 0.0805. The SMILES string of the molecule is OC[C@H]1O[C@@H](c2cc(Cc3cc4ccccc4s3)c3c(c2O)CCC3)[C@H](O)[C@@H](O)[C@@H]1O. The number of phenols is 1. The van der Waals surface area contributed by atoms with Gasteiger partial charge in [0.05, 0.1) is 6.61 Å². The van der Waals surface area contributed by atoms with Crippen molar-refractivity contribution in [2.24, 2.45) is 0 Å². The molecule has 0 bridgehead atoms. The van der Waals surface area contributed by atoms with Crippen molar-refractivity contribution in [3.8, 4) is 5.75 Å². The number of hydrogen-bond donors (Lipinski definition) is 5. The van der Waals surface area contributed by atoms with Crippen LogP contribution in [0.5, 0.6) is 5.75 Å². The van der Waals surface area contributed by atoms with Crippen LogP contribution >= 0.6 is 11.3 Å². The van der Waals surface area contributed by atoms with Crippen LogP contribution < -0.4 is 0 Å². The van der Waals surface area contributed by atoms with E-state index in [0.29, 0.717) is 12.0 Å². The van der Waals surface area contributed by atoms with Gasteiger partial charge in [0.2, 0.25) is 0 Å². The van der Waals surface area contributed by atoms with E-state index >= 15 is 0 Å². The summed E-state index contributed by atoms with van der Waals surface area (Å²) >= 11 is 1.74. The van der Waals surface area contributed by atoms with Crippen molar-refractivity contribution in [2.75, 3.05) is 6.61 Å². The molecule has 2 aromatic carbocycles. The van der Waals surface area contributed by atoms with Crippen molar-refractivity contribution in [1.82, 2.24) is 0 Å². The zero-order valence-corrected chi connectivity index (χ0v) is 17.8. The molecule has 2 heterocycles. The Hall–Kier alpha value is -2.00. The second kappa shape index (κ2) is 8.16. The maximum atomic E-state index is 11.0. The number of thiophene rings is 1. The smallest absolute Gasteiger partial charge is 0.124 e. The number of fused-ring (bicyclic) bond motifs is 2. The standard InChI is InChI=1S/C24H26O6S/c25-11-18-21(27)22(28)23(29)24(30-18)17-10-13(15-5-3-6-16(15)20(17)26)9-14-8-12-4-1-2-7-19(12)31-14/h1-2,4,7-8,10,18,21-29H,3,5-6,9,11H2/t18-,21-,22+,23-,24+/m1/s1. The third kappa shape index (κ3) is 3.55. The Kier molecular flexibility index (Phi) is 5.50. The number of phenolic OH excluding ortho intramolecular Hbond substituents is 1. The molecule has 1 saturated heterocycles.